The molecule has 0 bridgehead atoms. The van der Waals surface area contributed by atoms with Gasteiger partial charge in [-0.05, 0) is 6.42 Å². The minimum atomic E-state index is 0.439. The fourth-order valence-corrected chi connectivity index (χ4v) is 1.16. The zero-order chi connectivity index (χ0) is 7.33. The molecule has 0 saturated heterocycles. The lowest BCUT2D eigenvalue weighted by Gasteiger charge is -2.20. The van der Waals surface area contributed by atoms with E-state index in [1.165, 1.54) is 6.42 Å². The second-order valence-electron chi connectivity index (χ2n) is 2.71. The molecule has 0 heterocycles. The molecule has 9 heavy (non-hydrogen) atoms. The summed E-state index contributed by atoms with van der Waals surface area (Å²) < 4.78 is 0.439. The van der Waals surface area contributed by atoms with Crippen LogP contribution in [-0.2, 0) is 0 Å². The van der Waals surface area contributed by atoms with Crippen LogP contribution in [-0.4, -0.2) is 10.5 Å². The van der Waals surface area contributed by atoms with E-state index in [2.05, 4.69) is 27.4 Å². The molecular formula is C8H16S. The van der Waals surface area contributed by atoms with Gasteiger partial charge in [0, 0.05) is 10.5 Å². The van der Waals surface area contributed by atoms with Crippen LogP contribution in [0.25, 0.3) is 0 Å². The van der Waals surface area contributed by atoms with E-state index in [-0.39, 0.29) is 0 Å². The summed E-state index contributed by atoms with van der Waals surface area (Å²) >= 11 is 1.96. The van der Waals surface area contributed by atoms with Crippen molar-refractivity contribution in [1.82, 2.24) is 0 Å². The molecule has 0 aromatic carbocycles. The zero-order valence-electron chi connectivity index (χ0n) is 6.61. The Morgan fingerprint density at radius 1 is 1.56 bits per heavy atom. The second kappa shape index (κ2) is 3.99. The van der Waals surface area contributed by atoms with E-state index in [1.54, 1.807) is 0 Å². The van der Waals surface area contributed by atoms with Gasteiger partial charge in [0.15, 0.2) is 0 Å². The molecule has 0 atom stereocenters. The van der Waals surface area contributed by atoms with Crippen molar-refractivity contribution in [2.75, 3.05) is 5.75 Å². The fourth-order valence-electron chi connectivity index (χ4n) is 0.387. The Morgan fingerprint density at radius 2 is 2.11 bits per heavy atom. The molecule has 0 aromatic rings. The lowest BCUT2D eigenvalue weighted by Crippen LogP contribution is -2.12. The molecule has 0 N–H and O–H groups in total. The highest BCUT2D eigenvalue weighted by Crippen LogP contribution is 2.26. The summed E-state index contributed by atoms with van der Waals surface area (Å²) in [5, 5.41) is 0. The van der Waals surface area contributed by atoms with Crippen molar-refractivity contribution in [2.24, 2.45) is 0 Å². The van der Waals surface area contributed by atoms with Crippen LogP contribution >= 0.6 is 11.8 Å². The predicted molar refractivity (Wildman–Crippen MR) is 47.0 cm³/mol. The summed E-state index contributed by atoms with van der Waals surface area (Å²) in [6, 6.07) is 0. The molecule has 0 amide bonds. The van der Waals surface area contributed by atoms with E-state index in [0.29, 0.717) is 4.75 Å². The van der Waals surface area contributed by atoms with Crippen molar-refractivity contribution in [3.05, 3.63) is 12.7 Å². The van der Waals surface area contributed by atoms with E-state index >= 15 is 0 Å². The van der Waals surface area contributed by atoms with Crippen LogP contribution in [0.3, 0.4) is 0 Å². The minimum absolute atomic E-state index is 0.439. The monoisotopic (exact) mass is 144 g/mol. The molecule has 0 aliphatic rings. The first-order valence-corrected chi connectivity index (χ1v) is 4.36. The molecule has 0 aliphatic carbocycles. The van der Waals surface area contributed by atoms with Crippen molar-refractivity contribution >= 4 is 11.8 Å². The van der Waals surface area contributed by atoms with Gasteiger partial charge in [0.1, 0.15) is 0 Å². The van der Waals surface area contributed by atoms with E-state index in [0.717, 1.165) is 5.75 Å². The van der Waals surface area contributed by atoms with Gasteiger partial charge in [-0.15, -0.1) is 6.58 Å². The second-order valence-corrected chi connectivity index (χ2v) is 4.44. The van der Waals surface area contributed by atoms with Gasteiger partial charge in [-0.2, -0.15) is 11.8 Å². The molecule has 0 aliphatic heterocycles. The molecule has 54 valence electrons. The first-order valence-electron chi connectivity index (χ1n) is 3.37. The number of thioether (sulfide) groups is 1. The highest BCUT2D eigenvalue weighted by Gasteiger charge is 2.13. The summed E-state index contributed by atoms with van der Waals surface area (Å²) in [5.41, 5.74) is 0. The van der Waals surface area contributed by atoms with Gasteiger partial charge in [0.25, 0.3) is 0 Å². The largest absolute Gasteiger partial charge is 0.152 e. The van der Waals surface area contributed by atoms with Crippen molar-refractivity contribution in [3.63, 3.8) is 0 Å². The molecule has 0 radical (unpaired) electrons. The Hall–Kier alpha value is 0.0900. The highest BCUT2D eigenvalue weighted by atomic mass is 32.2. The Morgan fingerprint density at radius 3 is 2.44 bits per heavy atom. The Kier molecular flexibility index (Phi) is 4.03. The molecule has 0 saturated carbocycles. The van der Waals surface area contributed by atoms with Crippen LogP contribution in [0.2, 0.25) is 0 Å². The van der Waals surface area contributed by atoms with E-state index in [1.807, 2.05) is 17.8 Å². The summed E-state index contributed by atoms with van der Waals surface area (Å²) in [5.74, 6) is 1.07. The standard InChI is InChI=1S/C8H16S/c1-5-7-9-8(3,4)6-2/h5H,1,6-7H2,2-4H3. The topological polar surface area (TPSA) is 0 Å². The van der Waals surface area contributed by atoms with Crippen molar-refractivity contribution < 1.29 is 0 Å². The SMILES string of the molecule is C=CCSC(C)(C)CC. The lowest BCUT2D eigenvalue weighted by atomic mass is 10.1. The van der Waals surface area contributed by atoms with E-state index in [9.17, 15) is 0 Å². The summed E-state index contributed by atoms with van der Waals surface area (Å²) in [6.07, 6.45) is 3.19. The Labute approximate surface area is 62.7 Å². The summed E-state index contributed by atoms with van der Waals surface area (Å²) in [4.78, 5) is 0. The summed E-state index contributed by atoms with van der Waals surface area (Å²) in [7, 11) is 0. The summed E-state index contributed by atoms with van der Waals surface area (Å²) in [6.45, 7) is 10.4. The maximum absolute atomic E-state index is 3.68. The average molecular weight is 144 g/mol. The third-order valence-electron chi connectivity index (χ3n) is 1.44. The van der Waals surface area contributed by atoms with Crippen LogP contribution in [0.1, 0.15) is 27.2 Å². The van der Waals surface area contributed by atoms with Gasteiger partial charge >= 0.3 is 0 Å². The lowest BCUT2D eigenvalue weighted by molar-refractivity contribution is 0.686. The fraction of sp³-hybridized carbons (Fsp3) is 0.750. The van der Waals surface area contributed by atoms with Crippen molar-refractivity contribution in [3.8, 4) is 0 Å². The quantitative estimate of drug-likeness (QED) is 0.546. The predicted octanol–water partition coefficient (Wildman–Crippen LogP) is 3.09. The van der Waals surface area contributed by atoms with Crippen LogP contribution in [0.4, 0.5) is 0 Å². The third-order valence-corrected chi connectivity index (χ3v) is 2.92. The van der Waals surface area contributed by atoms with Crippen LogP contribution in [0.5, 0.6) is 0 Å². The molecule has 0 unspecified atom stereocenters. The van der Waals surface area contributed by atoms with Crippen LogP contribution in [0.15, 0.2) is 12.7 Å². The van der Waals surface area contributed by atoms with Gasteiger partial charge in [-0.25, -0.2) is 0 Å². The first-order chi connectivity index (χ1) is 4.12. The smallest absolute Gasteiger partial charge is 0.0116 e. The average Bonchev–Trinajstić information content (AvgIpc) is 1.84. The number of hydrogen-bond acceptors (Lipinski definition) is 1. The first kappa shape index (κ1) is 9.09. The van der Waals surface area contributed by atoms with Gasteiger partial charge in [0.2, 0.25) is 0 Å². The zero-order valence-corrected chi connectivity index (χ0v) is 7.42. The van der Waals surface area contributed by atoms with Crippen LogP contribution < -0.4 is 0 Å². The highest BCUT2D eigenvalue weighted by molar-refractivity contribution is 8.00. The Bertz CT molecular complexity index is 84.6. The Balaban J connectivity index is 3.44. The molecule has 0 rings (SSSR count). The normalized spacial score (nSPS) is 11.4. The minimum Gasteiger partial charge on any atom is -0.152 e. The molecule has 0 fully saturated rings. The maximum atomic E-state index is 3.68. The van der Waals surface area contributed by atoms with Gasteiger partial charge in [-0.3, -0.25) is 0 Å². The van der Waals surface area contributed by atoms with Gasteiger partial charge in [0.05, 0.1) is 0 Å². The molecule has 0 aromatic heterocycles. The van der Waals surface area contributed by atoms with E-state index < -0.39 is 0 Å². The molecule has 0 nitrogen and oxygen atoms in total. The molecule has 0 spiro atoms. The van der Waals surface area contributed by atoms with Crippen LogP contribution in [0, 0.1) is 0 Å². The third kappa shape index (κ3) is 4.58. The van der Waals surface area contributed by atoms with Gasteiger partial charge in [-0.1, -0.05) is 26.8 Å². The molecule has 1 heteroatoms. The van der Waals surface area contributed by atoms with E-state index in [4.69, 9.17) is 0 Å². The number of rotatable bonds is 4. The van der Waals surface area contributed by atoms with Gasteiger partial charge < -0.3 is 0 Å². The van der Waals surface area contributed by atoms with Crippen molar-refractivity contribution in [1.29, 1.82) is 0 Å². The number of hydrogen-bond donors (Lipinski definition) is 0. The van der Waals surface area contributed by atoms with Crippen molar-refractivity contribution in [2.45, 2.75) is 31.9 Å². The molecular weight excluding hydrogens is 128 g/mol. The maximum Gasteiger partial charge on any atom is 0.0116 e.